The molecular formula is C23H32Cl2N6O2. The second-order valence-electron chi connectivity index (χ2n) is 8.91. The van der Waals surface area contributed by atoms with Crippen LogP contribution < -0.4 is 5.32 Å². The summed E-state index contributed by atoms with van der Waals surface area (Å²) in [5, 5.41) is 3.85. The van der Waals surface area contributed by atoms with Gasteiger partial charge in [0, 0.05) is 61.9 Å². The van der Waals surface area contributed by atoms with Crippen molar-refractivity contribution in [3.63, 3.8) is 0 Å². The molecule has 2 saturated heterocycles. The average molecular weight is 495 g/mol. The van der Waals surface area contributed by atoms with E-state index in [0.29, 0.717) is 16.6 Å². The lowest BCUT2D eigenvalue weighted by atomic mass is 10.1. The van der Waals surface area contributed by atoms with E-state index in [-0.39, 0.29) is 5.91 Å². The van der Waals surface area contributed by atoms with Crippen molar-refractivity contribution in [2.45, 2.75) is 51.4 Å². The van der Waals surface area contributed by atoms with Crippen LogP contribution in [0.25, 0.3) is 0 Å². The van der Waals surface area contributed by atoms with Gasteiger partial charge in [-0.1, -0.05) is 55.5 Å². The molecule has 10 heteroatoms. The number of piperazine rings is 1. The van der Waals surface area contributed by atoms with Gasteiger partial charge in [-0.3, -0.25) is 15.0 Å². The van der Waals surface area contributed by atoms with E-state index in [1.807, 2.05) is 18.2 Å². The molecule has 0 spiro atoms. The van der Waals surface area contributed by atoms with Crippen molar-refractivity contribution < 1.29 is 9.59 Å². The number of hydrogen-bond acceptors (Lipinski definition) is 6. The van der Waals surface area contributed by atoms with E-state index in [9.17, 15) is 9.59 Å². The fraction of sp³-hybridized carbons (Fsp3) is 0.609. The normalized spacial score (nSPS) is 23.6. The molecule has 3 aliphatic rings. The van der Waals surface area contributed by atoms with Gasteiger partial charge >= 0.3 is 6.03 Å². The first-order valence-electron chi connectivity index (χ1n) is 11.7. The second-order valence-corrected chi connectivity index (χ2v) is 9.72. The number of rotatable bonds is 7. The van der Waals surface area contributed by atoms with Crippen molar-refractivity contribution in [3.8, 4) is 0 Å². The molecule has 1 N–H and O–H groups in total. The van der Waals surface area contributed by atoms with E-state index in [1.165, 1.54) is 11.3 Å². The summed E-state index contributed by atoms with van der Waals surface area (Å²) >= 11 is 12.7. The molecule has 3 aliphatic heterocycles. The second kappa shape index (κ2) is 10.5. The first-order chi connectivity index (χ1) is 15.9. The van der Waals surface area contributed by atoms with E-state index in [2.05, 4.69) is 26.9 Å². The highest BCUT2D eigenvalue weighted by molar-refractivity contribution is 6.35. The minimum atomic E-state index is -0.479. The summed E-state index contributed by atoms with van der Waals surface area (Å²) in [5.41, 5.74) is 0.952. The van der Waals surface area contributed by atoms with Crippen molar-refractivity contribution in [3.05, 3.63) is 33.8 Å². The number of imide groups is 1. The summed E-state index contributed by atoms with van der Waals surface area (Å²) in [6, 6.07) is 4.74. The van der Waals surface area contributed by atoms with Crippen LogP contribution in [0.5, 0.6) is 0 Å². The summed E-state index contributed by atoms with van der Waals surface area (Å²) in [6.07, 6.45) is 3.95. The SMILES string of the molecule is CCCCCCN1C(N2CCN(Cc3c(Cl)cccc3Cl)CC2)=NC2C1C(=O)NC(=O)N2C. The number of aliphatic imine (C=N–C) groups is 1. The van der Waals surface area contributed by atoms with Gasteiger partial charge < -0.3 is 14.7 Å². The number of nitrogens with one attached hydrogen (secondary N) is 1. The maximum Gasteiger partial charge on any atom is 0.325 e. The molecule has 33 heavy (non-hydrogen) atoms. The van der Waals surface area contributed by atoms with Gasteiger partial charge in [0.05, 0.1) is 0 Å². The Labute approximate surface area is 205 Å². The molecule has 0 radical (unpaired) electrons. The Hall–Kier alpha value is -2.03. The number of urea groups is 1. The Bertz CT molecular complexity index is 898. The predicted octanol–water partition coefficient (Wildman–Crippen LogP) is 3.24. The summed E-state index contributed by atoms with van der Waals surface area (Å²) in [6.45, 7) is 6.87. The highest BCUT2D eigenvalue weighted by Crippen LogP contribution is 2.28. The molecule has 8 nitrogen and oxygen atoms in total. The molecule has 2 fully saturated rings. The Morgan fingerprint density at radius 3 is 2.42 bits per heavy atom. The van der Waals surface area contributed by atoms with Crippen LogP contribution >= 0.6 is 23.2 Å². The molecule has 1 aromatic carbocycles. The standard InChI is InChI=1S/C23H32Cl2N6O2/c1-3-4-5-6-10-31-19-20(28(2)23(33)27-21(19)32)26-22(31)30-13-11-29(12-14-30)15-16-17(24)8-7-9-18(16)25/h7-9,19-20H,3-6,10-15H2,1-2H3,(H,27,32,33). The third-order valence-corrected chi connectivity index (χ3v) is 7.40. The van der Waals surface area contributed by atoms with Crippen molar-refractivity contribution >= 4 is 41.1 Å². The third-order valence-electron chi connectivity index (χ3n) is 6.69. The van der Waals surface area contributed by atoms with Gasteiger partial charge in [0.15, 0.2) is 18.2 Å². The van der Waals surface area contributed by atoms with E-state index >= 15 is 0 Å². The zero-order valence-electron chi connectivity index (χ0n) is 19.3. The van der Waals surface area contributed by atoms with Crippen LogP contribution in [0.3, 0.4) is 0 Å². The van der Waals surface area contributed by atoms with Gasteiger partial charge in [-0.15, -0.1) is 0 Å². The lowest BCUT2D eigenvalue weighted by Gasteiger charge is -2.40. The number of halogens is 2. The average Bonchev–Trinajstić information content (AvgIpc) is 3.18. The van der Waals surface area contributed by atoms with Crippen LogP contribution in [0.4, 0.5) is 4.79 Å². The smallest absolute Gasteiger partial charge is 0.325 e. The third kappa shape index (κ3) is 5.08. The van der Waals surface area contributed by atoms with Gasteiger partial charge in [0.25, 0.3) is 5.91 Å². The van der Waals surface area contributed by atoms with Crippen molar-refractivity contribution in [2.75, 3.05) is 39.8 Å². The molecule has 0 aromatic heterocycles. The topological polar surface area (TPSA) is 71.5 Å². The van der Waals surface area contributed by atoms with Gasteiger partial charge in [0.1, 0.15) is 0 Å². The van der Waals surface area contributed by atoms with Crippen LogP contribution in [0, 0.1) is 0 Å². The molecule has 2 unspecified atom stereocenters. The first-order valence-corrected chi connectivity index (χ1v) is 12.5. The van der Waals surface area contributed by atoms with Crippen LogP contribution in [0.15, 0.2) is 23.2 Å². The van der Waals surface area contributed by atoms with E-state index < -0.39 is 18.2 Å². The van der Waals surface area contributed by atoms with Gasteiger partial charge in [-0.05, 0) is 18.6 Å². The zero-order chi connectivity index (χ0) is 23.5. The minimum Gasteiger partial charge on any atom is -0.340 e. The number of likely N-dealkylation sites (N-methyl/N-ethyl adjacent to an activating group) is 1. The molecule has 3 heterocycles. The number of nitrogens with zero attached hydrogens (tertiary/aromatic N) is 5. The van der Waals surface area contributed by atoms with Gasteiger partial charge in [-0.2, -0.15) is 0 Å². The fourth-order valence-electron chi connectivity index (χ4n) is 4.74. The van der Waals surface area contributed by atoms with E-state index in [0.717, 1.165) is 63.5 Å². The van der Waals surface area contributed by atoms with Gasteiger partial charge in [0.2, 0.25) is 0 Å². The fourth-order valence-corrected chi connectivity index (χ4v) is 5.25. The minimum absolute atomic E-state index is 0.260. The Kier molecular flexibility index (Phi) is 7.66. The molecular weight excluding hydrogens is 463 g/mol. The number of hydrogen-bond donors (Lipinski definition) is 1. The number of amides is 3. The summed E-state index contributed by atoms with van der Waals surface area (Å²) in [4.78, 5) is 38.0. The highest BCUT2D eigenvalue weighted by Gasteiger charge is 2.49. The molecule has 180 valence electrons. The largest absolute Gasteiger partial charge is 0.340 e. The van der Waals surface area contributed by atoms with Crippen molar-refractivity contribution in [2.24, 2.45) is 4.99 Å². The number of unbranched alkanes of at least 4 members (excludes halogenated alkanes) is 3. The van der Waals surface area contributed by atoms with Crippen molar-refractivity contribution in [1.82, 2.24) is 24.9 Å². The van der Waals surface area contributed by atoms with Crippen LogP contribution in [-0.2, 0) is 11.3 Å². The Balaban J connectivity index is 1.45. The lowest BCUT2D eigenvalue weighted by molar-refractivity contribution is -0.127. The number of fused-ring (bicyclic) bond motifs is 1. The van der Waals surface area contributed by atoms with E-state index in [1.54, 1.807) is 7.05 Å². The van der Waals surface area contributed by atoms with Crippen LogP contribution in [0.2, 0.25) is 10.0 Å². The zero-order valence-corrected chi connectivity index (χ0v) is 20.8. The van der Waals surface area contributed by atoms with Crippen LogP contribution in [0.1, 0.15) is 38.2 Å². The molecule has 0 bridgehead atoms. The first kappa shape index (κ1) is 24.1. The van der Waals surface area contributed by atoms with E-state index in [4.69, 9.17) is 28.2 Å². The monoisotopic (exact) mass is 494 g/mol. The number of carbonyl (C=O) groups is 2. The number of carbonyl (C=O) groups excluding carboxylic acids is 2. The number of benzene rings is 1. The number of guanidine groups is 1. The Morgan fingerprint density at radius 1 is 1.06 bits per heavy atom. The van der Waals surface area contributed by atoms with Gasteiger partial charge in [-0.25, -0.2) is 9.79 Å². The molecule has 1 aromatic rings. The molecule has 2 atom stereocenters. The maximum atomic E-state index is 12.8. The Morgan fingerprint density at radius 2 is 1.76 bits per heavy atom. The quantitative estimate of drug-likeness (QED) is 0.589. The summed E-state index contributed by atoms with van der Waals surface area (Å²) < 4.78 is 0. The molecule has 0 aliphatic carbocycles. The maximum absolute atomic E-state index is 12.8. The summed E-state index contributed by atoms with van der Waals surface area (Å²) in [5.74, 6) is 0.568. The van der Waals surface area contributed by atoms with Crippen molar-refractivity contribution in [1.29, 1.82) is 0 Å². The molecule has 0 saturated carbocycles. The van der Waals surface area contributed by atoms with Crippen LogP contribution in [-0.4, -0.2) is 89.5 Å². The lowest BCUT2D eigenvalue weighted by Crippen LogP contribution is -2.64. The molecule has 4 rings (SSSR count). The summed E-state index contributed by atoms with van der Waals surface area (Å²) in [7, 11) is 1.70. The highest BCUT2D eigenvalue weighted by atomic mass is 35.5. The predicted molar refractivity (Wildman–Crippen MR) is 130 cm³/mol. The molecule has 3 amide bonds.